The van der Waals surface area contributed by atoms with Gasteiger partial charge in [-0.1, -0.05) is 18.2 Å². The third-order valence-electron chi connectivity index (χ3n) is 4.90. The summed E-state index contributed by atoms with van der Waals surface area (Å²) in [7, 11) is 0. The summed E-state index contributed by atoms with van der Waals surface area (Å²) in [4.78, 5) is 24.8. The van der Waals surface area contributed by atoms with Crippen molar-refractivity contribution in [3.63, 3.8) is 0 Å². The van der Waals surface area contributed by atoms with Crippen molar-refractivity contribution < 1.29 is 4.79 Å². The smallest absolute Gasteiger partial charge is 0.278 e. The van der Waals surface area contributed by atoms with E-state index in [2.05, 4.69) is 21.3 Å². The van der Waals surface area contributed by atoms with Crippen LogP contribution in [0.15, 0.2) is 42.5 Å². The van der Waals surface area contributed by atoms with Crippen molar-refractivity contribution in [1.29, 1.82) is 0 Å². The predicted molar refractivity (Wildman–Crippen MR) is 109 cm³/mol. The topological polar surface area (TPSA) is 58.1 Å². The number of hydrogen-bond acceptors (Lipinski definition) is 4. The maximum absolute atomic E-state index is 13.1. The molecule has 0 radical (unpaired) electrons. The predicted octanol–water partition coefficient (Wildman–Crippen LogP) is 4.49. The van der Waals surface area contributed by atoms with Gasteiger partial charge in [-0.3, -0.25) is 4.79 Å². The summed E-state index contributed by atoms with van der Waals surface area (Å²) in [6, 6.07) is 13.7. The molecule has 2 heterocycles. The van der Waals surface area contributed by atoms with E-state index in [0.29, 0.717) is 11.5 Å². The number of amides is 1. The number of hydrogen-bond donors (Lipinski definition) is 1. The number of piperidine rings is 1. The van der Waals surface area contributed by atoms with Gasteiger partial charge in [0.15, 0.2) is 11.5 Å². The van der Waals surface area contributed by atoms with Gasteiger partial charge in [-0.05, 0) is 68.5 Å². The van der Waals surface area contributed by atoms with Gasteiger partial charge >= 0.3 is 0 Å². The van der Waals surface area contributed by atoms with Gasteiger partial charge in [-0.15, -0.1) is 0 Å². The molecule has 0 saturated carbocycles. The second-order valence-electron chi connectivity index (χ2n) is 7.26. The highest BCUT2D eigenvalue weighted by molar-refractivity contribution is 6.07. The molecule has 1 saturated heterocycles. The van der Waals surface area contributed by atoms with Gasteiger partial charge in [-0.25, -0.2) is 9.97 Å². The Balaban J connectivity index is 1.74. The molecule has 1 amide bonds. The minimum absolute atomic E-state index is 0.209. The Kier molecular flexibility index (Phi) is 4.75. The van der Waals surface area contributed by atoms with Crippen LogP contribution >= 0.6 is 0 Å². The zero-order chi connectivity index (χ0) is 18.8. The fourth-order valence-corrected chi connectivity index (χ4v) is 3.71. The lowest BCUT2D eigenvalue weighted by atomic mass is 10.1. The van der Waals surface area contributed by atoms with Crippen LogP contribution in [0.2, 0.25) is 0 Å². The molecule has 1 aliphatic rings. The number of benzene rings is 2. The van der Waals surface area contributed by atoms with E-state index in [1.807, 2.05) is 50.2 Å². The minimum atomic E-state index is -0.209. The summed E-state index contributed by atoms with van der Waals surface area (Å²) >= 11 is 0. The van der Waals surface area contributed by atoms with Crippen molar-refractivity contribution in [2.75, 3.05) is 23.3 Å². The van der Waals surface area contributed by atoms with Crippen molar-refractivity contribution in [3.05, 3.63) is 59.3 Å². The lowest BCUT2D eigenvalue weighted by Crippen LogP contribution is -2.33. The maximum atomic E-state index is 13.1. The highest BCUT2D eigenvalue weighted by Crippen LogP contribution is 2.25. The van der Waals surface area contributed by atoms with E-state index < -0.39 is 0 Å². The van der Waals surface area contributed by atoms with E-state index in [-0.39, 0.29) is 5.91 Å². The lowest BCUT2D eigenvalue weighted by molar-refractivity contribution is 0.102. The summed E-state index contributed by atoms with van der Waals surface area (Å²) in [6.07, 6.45) is 3.46. The molecule has 0 bridgehead atoms. The minimum Gasteiger partial charge on any atom is -0.355 e. The van der Waals surface area contributed by atoms with Crippen LogP contribution in [0.25, 0.3) is 11.0 Å². The van der Waals surface area contributed by atoms with Crippen molar-refractivity contribution in [2.45, 2.75) is 33.1 Å². The molecule has 0 unspecified atom stereocenters. The van der Waals surface area contributed by atoms with Crippen LogP contribution in [0.4, 0.5) is 11.5 Å². The lowest BCUT2D eigenvalue weighted by Gasteiger charge is -2.29. The van der Waals surface area contributed by atoms with Crippen LogP contribution in [-0.4, -0.2) is 29.0 Å². The number of nitrogens with one attached hydrogen (secondary N) is 1. The molecule has 1 fully saturated rings. The Morgan fingerprint density at radius 3 is 2.22 bits per heavy atom. The van der Waals surface area contributed by atoms with Gasteiger partial charge in [0.25, 0.3) is 5.91 Å². The Morgan fingerprint density at radius 1 is 0.926 bits per heavy atom. The van der Waals surface area contributed by atoms with E-state index in [0.717, 1.165) is 53.8 Å². The van der Waals surface area contributed by atoms with Crippen LogP contribution in [0.5, 0.6) is 0 Å². The normalized spacial score (nSPS) is 14.4. The average Bonchev–Trinajstić information content (AvgIpc) is 2.67. The SMILES string of the molecule is Cc1cc(C)cc(NC(=O)c2nc3ccccc3nc2N2CCCCC2)c1. The monoisotopic (exact) mass is 360 g/mol. The van der Waals surface area contributed by atoms with Crippen molar-refractivity contribution >= 4 is 28.4 Å². The van der Waals surface area contributed by atoms with Crippen LogP contribution in [0.1, 0.15) is 40.9 Å². The number of carbonyl (C=O) groups excluding carboxylic acids is 1. The van der Waals surface area contributed by atoms with Gasteiger partial charge in [0.2, 0.25) is 0 Å². The molecule has 27 heavy (non-hydrogen) atoms. The second kappa shape index (κ2) is 7.35. The van der Waals surface area contributed by atoms with Gasteiger partial charge in [0.1, 0.15) is 0 Å². The van der Waals surface area contributed by atoms with Gasteiger partial charge < -0.3 is 10.2 Å². The largest absolute Gasteiger partial charge is 0.355 e. The van der Waals surface area contributed by atoms with Crippen LogP contribution < -0.4 is 10.2 Å². The first-order valence-corrected chi connectivity index (χ1v) is 9.51. The van der Waals surface area contributed by atoms with E-state index in [1.165, 1.54) is 6.42 Å². The second-order valence-corrected chi connectivity index (χ2v) is 7.26. The fourth-order valence-electron chi connectivity index (χ4n) is 3.71. The summed E-state index contributed by atoms with van der Waals surface area (Å²) in [5.74, 6) is 0.481. The molecule has 1 N–H and O–H groups in total. The summed E-state index contributed by atoms with van der Waals surface area (Å²) in [6.45, 7) is 5.88. The first kappa shape index (κ1) is 17.5. The van der Waals surface area contributed by atoms with E-state index in [1.54, 1.807) is 0 Å². The van der Waals surface area contributed by atoms with Crippen LogP contribution in [-0.2, 0) is 0 Å². The first-order chi connectivity index (χ1) is 13.1. The summed E-state index contributed by atoms with van der Waals surface area (Å²) < 4.78 is 0. The molecule has 1 aromatic heterocycles. The van der Waals surface area contributed by atoms with Gasteiger partial charge in [0.05, 0.1) is 11.0 Å². The number of para-hydroxylation sites is 2. The molecular formula is C22H24N4O. The standard InChI is InChI=1S/C22H24N4O/c1-15-12-16(2)14-17(13-15)23-22(27)20-21(26-10-6-3-7-11-26)25-19-9-5-4-8-18(19)24-20/h4-5,8-9,12-14H,3,6-7,10-11H2,1-2H3,(H,23,27). The number of anilines is 2. The zero-order valence-electron chi connectivity index (χ0n) is 15.8. The van der Waals surface area contributed by atoms with Crippen molar-refractivity contribution in [3.8, 4) is 0 Å². The molecular weight excluding hydrogens is 336 g/mol. The van der Waals surface area contributed by atoms with E-state index >= 15 is 0 Å². The molecule has 3 aromatic rings. The quantitative estimate of drug-likeness (QED) is 0.748. The molecule has 1 aliphatic heterocycles. The number of aromatic nitrogens is 2. The highest BCUT2D eigenvalue weighted by atomic mass is 16.1. The molecule has 0 aliphatic carbocycles. The Bertz CT molecular complexity index is 973. The number of nitrogens with zero attached hydrogens (tertiary/aromatic N) is 3. The molecule has 5 nitrogen and oxygen atoms in total. The third kappa shape index (κ3) is 3.77. The molecule has 5 heteroatoms. The number of fused-ring (bicyclic) bond motifs is 1. The van der Waals surface area contributed by atoms with E-state index in [4.69, 9.17) is 4.98 Å². The summed E-state index contributed by atoms with van der Waals surface area (Å²) in [5.41, 5.74) is 4.98. The molecule has 4 rings (SSSR count). The van der Waals surface area contributed by atoms with Crippen molar-refractivity contribution in [1.82, 2.24) is 9.97 Å². The summed E-state index contributed by atoms with van der Waals surface area (Å²) in [5, 5.41) is 3.02. The van der Waals surface area contributed by atoms with Crippen molar-refractivity contribution in [2.24, 2.45) is 0 Å². The van der Waals surface area contributed by atoms with Crippen LogP contribution in [0.3, 0.4) is 0 Å². The van der Waals surface area contributed by atoms with Crippen LogP contribution in [0, 0.1) is 13.8 Å². The Morgan fingerprint density at radius 2 is 1.56 bits per heavy atom. The average molecular weight is 360 g/mol. The number of carbonyl (C=O) groups is 1. The number of rotatable bonds is 3. The molecule has 138 valence electrons. The molecule has 2 aromatic carbocycles. The zero-order valence-corrected chi connectivity index (χ0v) is 15.8. The van der Waals surface area contributed by atoms with Gasteiger partial charge in [0, 0.05) is 18.8 Å². The fraction of sp³-hybridized carbons (Fsp3) is 0.318. The maximum Gasteiger partial charge on any atom is 0.278 e. The third-order valence-corrected chi connectivity index (χ3v) is 4.90. The first-order valence-electron chi connectivity index (χ1n) is 9.51. The van der Waals surface area contributed by atoms with Gasteiger partial charge in [-0.2, -0.15) is 0 Å². The Labute approximate surface area is 159 Å². The van der Waals surface area contributed by atoms with E-state index in [9.17, 15) is 4.79 Å². The molecule has 0 spiro atoms. The highest BCUT2D eigenvalue weighted by Gasteiger charge is 2.23. The Hall–Kier alpha value is -2.95. The molecule has 0 atom stereocenters. The number of aryl methyl sites for hydroxylation is 2.